The van der Waals surface area contributed by atoms with Crippen molar-refractivity contribution in [3.63, 3.8) is 0 Å². The molecule has 0 saturated heterocycles. The van der Waals surface area contributed by atoms with Crippen LogP contribution in [0.15, 0.2) is 206 Å². The molecule has 1 aromatic heterocycles. The van der Waals surface area contributed by atoms with Gasteiger partial charge >= 0.3 is 0 Å². The highest BCUT2D eigenvalue weighted by Gasteiger charge is 2.51. The Hall–Kier alpha value is -7.62. The smallest absolute Gasteiger partial charge is 0.161 e. The summed E-state index contributed by atoms with van der Waals surface area (Å²) in [6.45, 7) is 0. The molecule has 12 rings (SSSR count). The van der Waals surface area contributed by atoms with Gasteiger partial charge in [0.25, 0.3) is 0 Å². The lowest BCUT2D eigenvalue weighted by molar-refractivity contribution is 0.438. The molecule has 0 bridgehead atoms. The zero-order chi connectivity index (χ0) is 38.2. The average Bonchev–Trinajstić information content (AvgIpc) is 3.59. The number of rotatable bonds is 4. The van der Waals surface area contributed by atoms with Crippen molar-refractivity contribution in [3.8, 4) is 67.7 Å². The highest BCUT2D eigenvalue weighted by molar-refractivity contribution is 6.08. The molecule has 270 valence electrons. The zero-order valence-electron chi connectivity index (χ0n) is 31.4. The lowest BCUT2D eigenvalue weighted by atomic mass is 9.65. The molecule has 1 spiro atoms. The van der Waals surface area contributed by atoms with Crippen LogP contribution in [0.3, 0.4) is 0 Å². The molecule has 0 radical (unpaired) electrons. The number of nitrogens with zero attached hydrogens (tertiary/aromatic N) is 2. The van der Waals surface area contributed by atoms with Crippen molar-refractivity contribution in [1.82, 2.24) is 9.97 Å². The quantitative estimate of drug-likeness (QED) is 0.169. The number of aromatic nitrogens is 2. The standard InChI is InChI=1S/C55H34N2O/c1-2-16-36(17-3-1)50-34-51(38-31-32-40-37(33-38)30-29-35-15-4-5-18-39(35)40)57-54(56-50)45-22-7-6-19-41(45)44-23-14-27-49-53(44)58-52-28-13-12-26-48(52)55(49)46-24-10-8-20-42(46)43-21-9-11-25-47(43)55/h1-34H. The molecule has 2 aliphatic rings. The van der Waals surface area contributed by atoms with Gasteiger partial charge in [0.1, 0.15) is 11.5 Å². The molecule has 3 heteroatoms. The summed E-state index contributed by atoms with van der Waals surface area (Å²) < 4.78 is 7.09. The van der Waals surface area contributed by atoms with Gasteiger partial charge in [-0.05, 0) is 67.6 Å². The van der Waals surface area contributed by atoms with Gasteiger partial charge < -0.3 is 4.74 Å². The maximum absolute atomic E-state index is 7.09. The second kappa shape index (κ2) is 12.7. The predicted molar refractivity (Wildman–Crippen MR) is 236 cm³/mol. The van der Waals surface area contributed by atoms with Crippen LogP contribution in [-0.4, -0.2) is 9.97 Å². The Morgan fingerprint density at radius 1 is 0.345 bits per heavy atom. The third-order valence-electron chi connectivity index (χ3n) is 12.2. The molecular weight excluding hydrogens is 705 g/mol. The topological polar surface area (TPSA) is 35.0 Å². The van der Waals surface area contributed by atoms with Crippen LogP contribution in [0.4, 0.5) is 0 Å². The predicted octanol–water partition coefficient (Wildman–Crippen LogP) is 13.9. The Kier molecular flexibility index (Phi) is 7.14. The summed E-state index contributed by atoms with van der Waals surface area (Å²) in [4.78, 5) is 10.7. The number of hydrogen-bond donors (Lipinski definition) is 0. The van der Waals surface area contributed by atoms with Crippen molar-refractivity contribution in [2.75, 3.05) is 0 Å². The van der Waals surface area contributed by atoms with E-state index in [0.29, 0.717) is 5.82 Å². The van der Waals surface area contributed by atoms with E-state index in [-0.39, 0.29) is 0 Å². The first-order valence-electron chi connectivity index (χ1n) is 19.8. The van der Waals surface area contributed by atoms with Gasteiger partial charge in [-0.25, -0.2) is 9.97 Å². The first-order chi connectivity index (χ1) is 28.8. The van der Waals surface area contributed by atoms with Crippen LogP contribution in [0, 0.1) is 0 Å². The van der Waals surface area contributed by atoms with Gasteiger partial charge in [-0.1, -0.05) is 188 Å². The maximum Gasteiger partial charge on any atom is 0.161 e. The van der Waals surface area contributed by atoms with Crippen molar-refractivity contribution in [2.45, 2.75) is 5.41 Å². The monoisotopic (exact) mass is 738 g/mol. The fraction of sp³-hybridized carbons (Fsp3) is 0.0182. The normalized spacial score (nSPS) is 13.1. The molecule has 0 atom stereocenters. The van der Waals surface area contributed by atoms with Crippen molar-refractivity contribution in [3.05, 3.63) is 229 Å². The largest absolute Gasteiger partial charge is 0.456 e. The summed E-state index contributed by atoms with van der Waals surface area (Å²) in [5, 5.41) is 4.88. The Balaban J connectivity index is 1.08. The summed E-state index contributed by atoms with van der Waals surface area (Å²) in [5.41, 5.74) is 13.5. The third-order valence-corrected chi connectivity index (χ3v) is 12.2. The van der Waals surface area contributed by atoms with E-state index in [1.165, 1.54) is 43.8 Å². The molecule has 9 aromatic carbocycles. The van der Waals surface area contributed by atoms with E-state index in [0.717, 1.165) is 61.8 Å². The molecule has 0 fully saturated rings. The van der Waals surface area contributed by atoms with E-state index in [1.807, 2.05) is 6.07 Å². The molecule has 0 N–H and O–H groups in total. The minimum Gasteiger partial charge on any atom is -0.456 e. The second-order valence-electron chi connectivity index (χ2n) is 15.2. The van der Waals surface area contributed by atoms with Crippen molar-refractivity contribution < 1.29 is 4.74 Å². The van der Waals surface area contributed by atoms with Crippen LogP contribution in [0.25, 0.3) is 77.7 Å². The Morgan fingerprint density at radius 2 is 0.914 bits per heavy atom. The van der Waals surface area contributed by atoms with Gasteiger partial charge in [-0.3, -0.25) is 0 Å². The SMILES string of the molecule is c1ccc(-c2cc(-c3ccc4c(ccc5ccccc54)c3)nc(-c3ccccc3-c3cccc4c3Oc3ccccc3C43c4ccccc4-c4ccccc43)n2)cc1. The lowest BCUT2D eigenvalue weighted by Gasteiger charge is -2.40. The molecule has 3 nitrogen and oxygen atoms in total. The highest BCUT2D eigenvalue weighted by Crippen LogP contribution is 2.63. The Morgan fingerprint density at radius 3 is 1.71 bits per heavy atom. The molecule has 0 saturated carbocycles. The summed E-state index contributed by atoms with van der Waals surface area (Å²) in [6, 6.07) is 73.5. The van der Waals surface area contributed by atoms with Crippen LogP contribution < -0.4 is 4.74 Å². The van der Waals surface area contributed by atoms with Crippen LogP contribution in [0.2, 0.25) is 0 Å². The minimum atomic E-state index is -0.555. The van der Waals surface area contributed by atoms with E-state index in [9.17, 15) is 0 Å². The van der Waals surface area contributed by atoms with Gasteiger partial charge in [0.05, 0.1) is 16.8 Å². The molecule has 1 aliphatic heterocycles. The fourth-order valence-electron chi connectivity index (χ4n) is 9.65. The summed E-state index contributed by atoms with van der Waals surface area (Å²) in [6.07, 6.45) is 0. The van der Waals surface area contributed by atoms with Crippen LogP contribution in [0.1, 0.15) is 22.3 Å². The van der Waals surface area contributed by atoms with Gasteiger partial charge in [0, 0.05) is 33.4 Å². The van der Waals surface area contributed by atoms with Gasteiger partial charge in [-0.2, -0.15) is 0 Å². The van der Waals surface area contributed by atoms with Crippen molar-refractivity contribution in [1.29, 1.82) is 0 Å². The first kappa shape index (κ1) is 32.6. The lowest BCUT2D eigenvalue weighted by Crippen LogP contribution is -2.32. The van der Waals surface area contributed by atoms with E-state index in [1.54, 1.807) is 0 Å². The van der Waals surface area contributed by atoms with E-state index >= 15 is 0 Å². The average molecular weight is 739 g/mol. The van der Waals surface area contributed by atoms with E-state index in [2.05, 4.69) is 200 Å². The van der Waals surface area contributed by atoms with Crippen LogP contribution >= 0.6 is 0 Å². The van der Waals surface area contributed by atoms with Crippen LogP contribution in [-0.2, 0) is 5.41 Å². The number of fused-ring (bicyclic) bond motifs is 12. The molecule has 1 aliphatic carbocycles. The number of para-hydroxylation sites is 2. The second-order valence-corrected chi connectivity index (χ2v) is 15.2. The number of ether oxygens (including phenoxy) is 1. The third kappa shape index (κ3) is 4.74. The number of hydrogen-bond acceptors (Lipinski definition) is 3. The van der Waals surface area contributed by atoms with Crippen LogP contribution in [0.5, 0.6) is 11.5 Å². The highest BCUT2D eigenvalue weighted by atomic mass is 16.5. The van der Waals surface area contributed by atoms with E-state index in [4.69, 9.17) is 14.7 Å². The van der Waals surface area contributed by atoms with Gasteiger partial charge in [-0.15, -0.1) is 0 Å². The zero-order valence-corrected chi connectivity index (χ0v) is 31.4. The fourth-order valence-corrected chi connectivity index (χ4v) is 9.65. The molecule has 58 heavy (non-hydrogen) atoms. The van der Waals surface area contributed by atoms with Crippen molar-refractivity contribution >= 4 is 21.5 Å². The van der Waals surface area contributed by atoms with Crippen molar-refractivity contribution in [2.24, 2.45) is 0 Å². The maximum atomic E-state index is 7.09. The summed E-state index contributed by atoms with van der Waals surface area (Å²) in [7, 11) is 0. The summed E-state index contributed by atoms with van der Waals surface area (Å²) in [5.74, 6) is 2.37. The van der Waals surface area contributed by atoms with Gasteiger partial charge in [0.2, 0.25) is 0 Å². The van der Waals surface area contributed by atoms with E-state index < -0.39 is 5.41 Å². The summed E-state index contributed by atoms with van der Waals surface area (Å²) >= 11 is 0. The molecule has 0 amide bonds. The molecule has 10 aromatic rings. The first-order valence-corrected chi connectivity index (χ1v) is 19.8. The molecule has 0 unspecified atom stereocenters. The Labute approximate surface area is 336 Å². The van der Waals surface area contributed by atoms with Gasteiger partial charge in [0.15, 0.2) is 5.82 Å². The number of benzene rings is 9. The Bertz CT molecular complexity index is 3230. The minimum absolute atomic E-state index is 0.555. The molecule has 2 heterocycles. The molecular formula is C55H34N2O.